The van der Waals surface area contributed by atoms with Crippen molar-refractivity contribution in [1.29, 1.82) is 0 Å². The van der Waals surface area contributed by atoms with Crippen LogP contribution in [0.3, 0.4) is 0 Å². The molecule has 0 bridgehead atoms. The molecular formula is C16H14FN5O. The van der Waals surface area contributed by atoms with Gasteiger partial charge in [0.15, 0.2) is 0 Å². The minimum absolute atomic E-state index is 0.239. The number of aromatic nitrogens is 4. The van der Waals surface area contributed by atoms with Gasteiger partial charge in [-0.25, -0.2) is 19.3 Å². The molecule has 0 unspecified atom stereocenters. The van der Waals surface area contributed by atoms with Crippen LogP contribution >= 0.6 is 0 Å². The molecular weight excluding hydrogens is 297 g/mol. The van der Waals surface area contributed by atoms with Crippen LogP contribution in [-0.4, -0.2) is 25.4 Å². The van der Waals surface area contributed by atoms with Crippen LogP contribution < -0.4 is 5.32 Å². The maximum absolute atomic E-state index is 13.5. The zero-order valence-corrected chi connectivity index (χ0v) is 12.6. The fourth-order valence-electron chi connectivity index (χ4n) is 2.04. The molecule has 1 aromatic carbocycles. The zero-order valence-electron chi connectivity index (χ0n) is 12.6. The van der Waals surface area contributed by atoms with Gasteiger partial charge >= 0.3 is 0 Å². The number of nitrogens with zero attached hydrogens (tertiary/aromatic N) is 4. The van der Waals surface area contributed by atoms with E-state index in [-0.39, 0.29) is 5.56 Å². The largest absolute Gasteiger partial charge is 0.319 e. The SMILES string of the molecule is Cc1ccc(C(=O)Nc2cnc(-n3ccnc3C)nc2)cc1F. The van der Waals surface area contributed by atoms with E-state index in [0.29, 0.717) is 17.2 Å². The lowest BCUT2D eigenvalue weighted by molar-refractivity contribution is 0.102. The monoisotopic (exact) mass is 311 g/mol. The van der Waals surface area contributed by atoms with Gasteiger partial charge in [-0.1, -0.05) is 6.07 Å². The van der Waals surface area contributed by atoms with Crippen LogP contribution in [0.5, 0.6) is 0 Å². The Kier molecular flexibility index (Phi) is 3.84. The van der Waals surface area contributed by atoms with Crippen molar-refractivity contribution in [2.24, 2.45) is 0 Å². The highest BCUT2D eigenvalue weighted by Crippen LogP contribution is 2.12. The van der Waals surface area contributed by atoms with Gasteiger partial charge in [-0.2, -0.15) is 0 Å². The summed E-state index contributed by atoms with van der Waals surface area (Å²) >= 11 is 0. The molecule has 6 nitrogen and oxygen atoms in total. The minimum Gasteiger partial charge on any atom is -0.319 e. The summed E-state index contributed by atoms with van der Waals surface area (Å²) in [5, 5.41) is 2.64. The van der Waals surface area contributed by atoms with E-state index in [1.54, 1.807) is 36.0 Å². The third-order valence-corrected chi connectivity index (χ3v) is 3.37. The zero-order chi connectivity index (χ0) is 16.4. The first-order chi connectivity index (χ1) is 11.0. The summed E-state index contributed by atoms with van der Waals surface area (Å²) in [6.07, 6.45) is 6.38. The van der Waals surface area contributed by atoms with E-state index in [0.717, 1.165) is 5.82 Å². The van der Waals surface area contributed by atoms with Crippen LogP contribution in [0.2, 0.25) is 0 Å². The normalized spacial score (nSPS) is 10.6. The highest BCUT2D eigenvalue weighted by atomic mass is 19.1. The van der Waals surface area contributed by atoms with Gasteiger partial charge in [0.25, 0.3) is 5.91 Å². The van der Waals surface area contributed by atoms with Crippen LogP contribution in [0.15, 0.2) is 43.0 Å². The van der Waals surface area contributed by atoms with E-state index >= 15 is 0 Å². The predicted octanol–water partition coefficient (Wildman–Crippen LogP) is 2.67. The Morgan fingerprint density at radius 1 is 1.17 bits per heavy atom. The van der Waals surface area contributed by atoms with Crippen LogP contribution in [0.1, 0.15) is 21.7 Å². The van der Waals surface area contributed by atoms with Gasteiger partial charge in [0, 0.05) is 18.0 Å². The highest BCUT2D eigenvalue weighted by Gasteiger charge is 2.10. The summed E-state index contributed by atoms with van der Waals surface area (Å²) in [5.74, 6) is 0.384. The molecule has 2 heterocycles. The molecule has 0 fully saturated rings. The summed E-state index contributed by atoms with van der Waals surface area (Å²) < 4.78 is 15.2. The lowest BCUT2D eigenvalue weighted by Gasteiger charge is -2.07. The van der Waals surface area contributed by atoms with Crippen LogP contribution in [0.25, 0.3) is 5.95 Å². The maximum atomic E-state index is 13.5. The van der Waals surface area contributed by atoms with Crippen LogP contribution in [-0.2, 0) is 0 Å². The Bertz CT molecular complexity index is 857. The summed E-state index contributed by atoms with van der Waals surface area (Å²) in [5.41, 5.74) is 1.16. The van der Waals surface area contributed by atoms with Crippen molar-refractivity contribution in [3.8, 4) is 5.95 Å². The quantitative estimate of drug-likeness (QED) is 0.807. The molecule has 116 valence electrons. The predicted molar refractivity (Wildman–Crippen MR) is 83.0 cm³/mol. The highest BCUT2D eigenvalue weighted by molar-refractivity contribution is 6.04. The molecule has 3 rings (SSSR count). The van der Waals surface area contributed by atoms with Crippen molar-refractivity contribution in [3.63, 3.8) is 0 Å². The van der Waals surface area contributed by atoms with Crippen LogP contribution in [0.4, 0.5) is 10.1 Å². The first-order valence-corrected chi connectivity index (χ1v) is 6.94. The van der Waals surface area contributed by atoms with Gasteiger partial charge < -0.3 is 5.32 Å². The third-order valence-electron chi connectivity index (χ3n) is 3.37. The number of amides is 1. The van der Waals surface area contributed by atoms with Gasteiger partial charge in [0.05, 0.1) is 18.1 Å². The molecule has 1 N–H and O–H groups in total. The second-order valence-corrected chi connectivity index (χ2v) is 5.03. The molecule has 7 heteroatoms. The average molecular weight is 311 g/mol. The molecule has 0 aliphatic carbocycles. The molecule has 3 aromatic rings. The Hall–Kier alpha value is -3.09. The number of aryl methyl sites for hydroxylation is 2. The standard InChI is InChI=1S/C16H14FN5O/c1-10-3-4-12(7-14(10)17)15(23)21-13-8-19-16(20-9-13)22-6-5-18-11(22)2/h3-9H,1-2H3,(H,21,23). The van der Waals surface area contributed by atoms with E-state index in [1.165, 1.54) is 18.5 Å². The van der Waals surface area contributed by atoms with E-state index < -0.39 is 11.7 Å². The second-order valence-electron chi connectivity index (χ2n) is 5.03. The number of nitrogens with one attached hydrogen (secondary N) is 1. The van der Waals surface area contributed by atoms with Crippen molar-refractivity contribution < 1.29 is 9.18 Å². The fraction of sp³-hybridized carbons (Fsp3) is 0.125. The van der Waals surface area contributed by atoms with Crippen LogP contribution in [0, 0.1) is 19.7 Å². The van der Waals surface area contributed by atoms with Crippen molar-refractivity contribution in [2.75, 3.05) is 5.32 Å². The molecule has 0 saturated heterocycles. The van der Waals surface area contributed by atoms with Gasteiger partial charge in [-0.05, 0) is 31.5 Å². The molecule has 23 heavy (non-hydrogen) atoms. The molecule has 1 amide bonds. The second kappa shape index (κ2) is 5.96. The molecule has 0 saturated carbocycles. The lowest BCUT2D eigenvalue weighted by atomic mass is 10.1. The first-order valence-electron chi connectivity index (χ1n) is 6.94. The Labute approximate surface area is 132 Å². The number of hydrogen-bond donors (Lipinski definition) is 1. The smallest absolute Gasteiger partial charge is 0.255 e. The van der Waals surface area contributed by atoms with Gasteiger partial charge in [-0.15, -0.1) is 0 Å². The van der Waals surface area contributed by atoms with E-state index in [4.69, 9.17) is 0 Å². The first kappa shape index (κ1) is 14.8. The Balaban J connectivity index is 1.76. The van der Waals surface area contributed by atoms with Crippen molar-refractivity contribution >= 4 is 11.6 Å². The number of carbonyl (C=O) groups excluding carboxylic acids is 1. The Morgan fingerprint density at radius 3 is 2.52 bits per heavy atom. The van der Waals surface area contributed by atoms with Crippen molar-refractivity contribution in [1.82, 2.24) is 19.5 Å². The van der Waals surface area contributed by atoms with E-state index in [2.05, 4.69) is 20.3 Å². The maximum Gasteiger partial charge on any atom is 0.255 e. The average Bonchev–Trinajstić information content (AvgIpc) is 2.97. The summed E-state index contributed by atoms with van der Waals surface area (Å²) in [6, 6.07) is 4.33. The molecule has 0 aliphatic heterocycles. The number of rotatable bonds is 3. The van der Waals surface area contributed by atoms with Crippen molar-refractivity contribution in [2.45, 2.75) is 13.8 Å². The molecule has 0 atom stereocenters. The number of carbonyl (C=O) groups is 1. The number of benzene rings is 1. The van der Waals surface area contributed by atoms with E-state index in [1.807, 2.05) is 6.92 Å². The van der Waals surface area contributed by atoms with Crippen molar-refractivity contribution in [3.05, 3.63) is 65.8 Å². The summed E-state index contributed by atoms with van der Waals surface area (Å²) in [6.45, 7) is 3.48. The third kappa shape index (κ3) is 3.08. The number of imidazole rings is 1. The molecule has 0 spiro atoms. The lowest BCUT2D eigenvalue weighted by Crippen LogP contribution is -2.13. The fourth-order valence-corrected chi connectivity index (χ4v) is 2.04. The summed E-state index contributed by atoms with van der Waals surface area (Å²) in [4.78, 5) is 24.6. The molecule has 0 radical (unpaired) electrons. The summed E-state index contributed by atoms with van der Waals surface area (Å²) in [7, 11) is 0. The molecule has 0 aliphatic rings. The minimum atomic E-state index is -0.418. The number of hydrogen-bond acceptors (Lipinski definition) is 4. The Morgan fingerprint density at radius 2 is 1.91 bits per heavy atom. The molecule has 2 aromatic heterocycles. The van der Waals surface area contributed by atoms with Gasteiger partial charge in [0.1, 0.15) is 11.6 Å². The number of halogens is 1. The van der Waals surface area contributed by atoms with Gasteiger partial charge in [0.2, 0.25) is 5.95 Å². The van der Waals surface area contributed by atoms with Gasteiger partial charge in [-0.3, -0.25) is 9.36 Å². The number of anilines is 1. The van der Waals surface area contributed by atoms with E-state index in [9.17, 15) is 9.18 Å². The topological polar surface area (TPSA) is 72.7 Å².